The van der Waals surface area contributed by atoms with Gasteiger partial charge >= 0.3 is 0 Å². The topological polar surface area (TPSA) is 122 Å². The molecule has 1 unspecified atom stereocenters. The Hall–Kier alpha value is -2.63. The highest BCUT2D eigenvalue weighted by atomic mass is 32.2. The predicted octanol–water partition coefficient (Wildman–Crippen LogP) is 2.27. The number of nitrogens with one attached hydrogen (secondary N) is 2. The maximum absolute atomic E-state index is 13.1. The lowest BCUT2D eigenvalue weighted by molar-refractivity contribution is -0.118. The van der Waals surface area contributed by atoms with E-state index in [1.807, 2.05) is 23.4 Å². The van der Waals surface area contributed by atoms with Crippen LogP contribution in [0.15, 0.2) is 34.7 Å². The summed E-state index contributed by atoms with van der Waals surface area (Å²) < 4.78 is 28.9. The predicted molar refractivity (Wildman–Crippen MR) is 137 cm³/mol. The van der Waals surface area contributed by atoms with E-state index in [1.54, 1.807) is 18.0 Å². The highest BCUT2D eigenvalue weighted by molar-refractivity contribution is 7.84. The first-order valence-corrected chi connectivity index (χ1v) is 13.5. The maximum atomic E-state index is 13.1. The van der Waals surface area contributed by atoms with Crippen LogP contribution in [0, 0.1) is 5.92 Å². The molecule has 10 nitrogen and oxygen atoms in total. The van der Waals surface area contributed by atoms with Crippen LogP contribution in [-0.2, 0) is 20.7 Å². The van der Waals surface area contributed by atoms with Gasteiger partial charge < -0.3 is 20.5 Å². The Morgan fingerprint density at radius 2 is 2.03 bits per heavy atom. The zero-order chi connectivity index (χ0) is 24.8. The molecule has 4 rings (SSSR count). The zero-order valence-corrected chi connectivity index (χ0v) is 21.4. The summed E-state index contributed by atoms with van der Waals surface area (Å²) in [5, 5.41) is 9.47. The average molecular weight is 505 g/mol. The number of ether oxygens (including phenoxy) is 2. The van der Waals surface area contributed by atoms with Gasteiger partial charge in [0.2, 0.25) is 0 Å². The number of carbonyl (C=O) groups is 1. The smallest absolute Gasteiger partial charge is 0.276 e. The van der Waals surface area contributed by atoms with Crippen LogP contribution in [0.2, 0.25) is 0 Å². The van der Waals surface area contributed by atoms with Crippen LogP contribution in [-0.4, -0.2) is 64.7 Å². The molecule has 11 heteroatoms. The second-order valence-electron chi connectivity index (χ2n) is 9.06. The number of morpholine rings is 1. The number of nitrogens with two attached hydrogens (primary N) is 1. The first-order chi connectivity index (χ1) is 17.0. The monoisotopic (exact) mass is 504 g/mol. The number of hydrogen-bond acceptors (Lipinski definition) is 7. The number of allylic oxidation sites excluding steroid dienone is 1. The van der Waals surface area contributed by atoms with Gasteiger partial charge in [-0.2, -0.15) is 5.10 Å². The van der Waals surface area contributed by atoms with Gasteiger partial charge in [-0.3, -0.25) is 14.5 Å². The van der Waals surface area contributed by atoms with Crippen molar-refractivity contribution in [3.05, 3.63) is 35.2 Å². The van der Waals surface area contributed by atoms with Crippen LogP contribution < -0.4 is 20.5 Å². The first-order valence-electron chi connectivity index (χ1n) is 12.4. The minimum absolute atomic E-state index is 0.288. The number of benzene rings is 1. The summed E-state index contributed by atoms with van der Waals surface area (Å²) in [4.78, 5) is 13.1. The molecule has 1 aromatic carbocycles. The van der Waals surface area contributed by atoms with Crippen molar-refractivity contribution in [2.24, 2.45) is 16.8 Å². The van der Waals surface area contributed by atoms with E-state index in [1.165, 1.54) is 19.3 Å². The number of hydrazone groups is 1. The molecule has 1 aliphatic carbocycles. The second-order valence-corrected chi connectivity index (χ2v) is 10.3. The van der Waals surface area contributed by atoms with E-state index in [-0.39, 0.29) is 5.91 Å². The standard InChI is InChI=1S/C24H36N6O4S/c1-3-34-21-10-9-19(28-35(32)29-11-13-33-14-12-29)15-20(21)23-26-24(31)22(17(2)25)30(27-23)16-18-7-5-4-6-8-18/h9-10,15,18,28H,3-8,11-14,16,25H2,1-2H3,(H,26,27,31)/b22-17-. The highest BCUT2D eigenvalue weighted by Crippen LogP contribution is 2.29. The molecule has 3 aliphatic rings. The summed E-state index contributed by atoms with van der Waals surface area (Å²) in [6, 6.07) is 5.43. The summed E-state index contributed by atoms with van der Waals surface area (Å²) in [5.41, 5.74) is 8.17. The van der Waals surface area contributed by atoms with Gasteiger partial charge in [0.1, 0.15) is 11.4 Å². The number of hydrogen-bond donors (Lipinski definition) is 3. The molecule has 35 heavy (non-hydrogen) atoms. The molecule has 1 saturated heterocycles. The molecule has 2 heterocycles. The van der Waals surface area contributed by atoms with Crippen molar-refractivity contribution in [1.29, 1.82) is 0 Å². The maximum Gasteiger partial charge on any atom is 0.276 e. The van der Waals surface area contributed by atoms with Crippen molar-refractivity contribution in [2.45, 2.75) is 46.0 Å². The fourth-order valence-corrected chi connectivity index (χ4v) is 5.61. The Labute approximate surface area is 209 Å². The lowest BCUT2D eigenvalue weighted by Crippen LogP contribution is -2.46. The average Bonchev–Trinajstić information content (AvgIpc) is 2.85. The van der Waals surface area contributed by atoms with Gasteiger partial charge in [-0.15, -0.1) is 0 Å². The molecule has 1 atom stereocenters. The van der Waals surface area contributed by atoms with E-state index in [9.17, 15) is 9.00 Å². The summed E-state index contributed by atoms with van der Waals surface area (Å²) in [6.45, 7) is 7.02. The molecule has 2 fully saturated rings. The number of amides is 1. The van der Waals surface area contributed by atoms with Crippen LogP contribution in [0.3, 0.4) is 0 Å². The quantitative estimate of drug-likeness (QED) is 0.467. The molecule has 4 N–H and O–H groups in total. The first kappa shape index (κ1) is 25.5. The van der Waals surface area contributed by atoms with Gasteiger partial charge in [0.15, 0.2) is 17.0 Å². The minimum Gasteiger partial charge on any atom is -0.493 e. The Bertz CT molecular complexity index is 998. The van der Waals surface area contributed by atoms with Crippen LogP contribution in [0.5, 0.6) is 5.75 Å². The lowest BCUT2D eigenvalue weighted by atomic mass is 9.89. The summed E-state index contributed by atoms with van der Waals surface area (Å²) in [6.07, 6.45) is 5.90. The molecule has 1 aromatic rings. The van der Waals surface area contributed by atoms with Crippen LogP contribution in [0.4, 0.5) is 5.69 Å². The normalized spacial score (nSPS) is 22.3. The van der Waals surface area contributed by atoms with E-state index in [2.05, 4.69) is 10.0 Å². The van der Waals surface area contributed by atoms with Crippen molar-refractivity contribution in [3.8, 4) is 5.75 Å². The highest BCUT2D eigenvalue weighted by Gasteiger charge is 2.30. The third kappa shape index (κ3) is 6.33. The largest absolute Gasteiger partial charge is 0.493 e. The van der Waals surface area contributed by atoms with Crippen molar-refractivity contribution in [3.63, 3.8) is 0 Å². The molecular formula is C24H36N6O4S. The van der Waals surface area contributed by atoms with E-state index >= 15 is 0 Å². The third-order valence-electron chi connectivity index (χ3n) is 6.40. The second kappa shape index (κ2) is 11.9. The van der Waals surface area contributed by atoms with Gasteiger partial charge in [0.25, 0.3) is 5.91 Å². The van der Waals surface area contributed by atoms with Crippen molar-refractivity contribution < 1.29 is 18.5 Å². The van der Waals surface area contributed by atoms with Crippen molar-refractivity contribution in [2.75, 3.05) is 44.2 Å². The van der Waals surface area contributed by atoms with Gasteiger partial charge in [-0.05, 0) is 50.8 Å². The Morgan fingerprint density at radius 3 is 2.71 bits per heavy atom. The minimum atomic E-state index is -1.41. The zero-order valence-electron chi connectivity index (χ0n) is 20.5. The van der Waals surface area contributed by atoms with Gasteiger partial charge in [-0.1, -0.05) is 19.3 Å². The Kier molecular flexibility index (Phi) is 8.64. The van der Waals surface area contributed by atoms with E-state index in [0.29, 0.717) is 79.6 Å². The summed E-state index contributed by atoms with van der Waals surface area (Å²) >= 11 is -1.41. The fraction of sp³-hybridized carbons (Fsp3) is 0.583. The lowest BCUT2D eigenvalue weighted by Gasteiger charge is -2.33. The number of carbonyl (C=O) groups excluding carboxylic acids is 1. The van der Waals surface area contributed by atoms with Crippen molar-refractivity contribution >= 4 is 28.6 Å². The van der Waals surface area contributed by atoms with Crippen LogP contribution in [0.1, 0.15) is 51.5 Å². The Morgan fingerprint density at radius 1 is 1.29 bits per heavy atom. The molecule has 0 bridgehead atoms. The van der Waals surface area contributed by atoms with Crippen LogP contribution in [0.25, 0.3) is 0 Å². The molecule has 0 radical (unpaired) electrons. The van der Waals surface area contributed by atoms with E-state index < -0.39 is 11.2 Å². The molecule has 1 amide bonds. The number of anilines is 1. The van der Waals surface area contributed by atoms with Crippen LogP contribution >= 0.6 is 0 Å². The molecule has 0 spiro atoms. The van der Waals surface area contributed by atoms with Gasteiger partial charge in [0, 0.05) is 31.0 Å². The Balaban J connectivity index is 1.63. The SMILES string of the molecule is CCOc1ccc(NS(=O)N2CCOCC2)cc1C1=NN(CC2CCCCC2)/C(=C(/C)N)C(=O)N1. The molecule has 1 saturated carbocycles. The molecule has 0 aromatic heterocycles. The number of amidine groups is 1. The third-order valence-corrected chi connectivity index (χ3v) is 7.64. The fourth-order valence-electron chi connectivity index (χ4n) is 4.67. The van der Waals surface area contributed by atoms with E-state index in [4.69, 9.17) is 20.3 Å². The number of rotatable bonds is 8. The summed E-state index contributed by atoms with van der Waals surface area (Å²) in [5.74, 6) is 1.15. The van der Waals surface area contributed by atoms with Gasteiger partial charge in [-0.25, -0.2) is 8.51 Å². The van der Waals surface area contributed by atoms with E-state index in [0.717, 1.165) is 12.8 Å². The van der Waals surface area contributed by atoms with Crippen molar-refractivity contribution in [1.82, 2.24) is 14.6 Å². The molecule has 2 aliphatic heterocycles. The molecular weight excluding hydrogens is 468 g/mol. The summed E-state index contributed by atoms with van der Waals surface area (Å²) in [7, 11) is 0. The molecule has 192 valence electrons. The number of nitrogens with zero attached hydrogens (tertiary/aromatic N) is 3. The van der Waals surface area contributed by atoms with Gasteiger partial charge in [0.05, 0.1) is 25.4 Å².